The van der Waals surface area contributed by atoms with E-state index in [1.54, 1.807) is 12.4 Å². The summed E-state index contributed by atoms with van der Waals surface area (Å²) in [4.78, 5) is 23.7. The minimum Gasteiger partial charge on any atom is -0.378 e. The fourth-order valence-corrected chi connectivity index (χ4v) is 4.01. The zero-order chi connectivity index (χ0) is 17.2. The van der Waals surface area contributed by atoms with Crippen LogP contribution >= 0.6 is 0 Å². The minimum absolute atomic E-state index is 0.0391. The smallest absolute Gasteiger partial charge is 0.169 e. The maximum atomic E-state index is 12.9. The highest BCUT2D eigenvalue weighted by molar-refractivity contribution is 5.97. The van der Waals surface area contributed by atoms with Crippen molar-refractivity contribution < 1.29 is 9.53 Å². The first-order valence-corrected chi connectivity index (χ1v) is 8.91. The van der Waals surface area contributed by atoms with Gasteiger partial charge in [0.2, 0.25) is 0 Å². The van der Waals surface area contributed by atoms with Gasteiger partial charge in [-0.05, 0) is 25.3 Å². The van der Waals surface area contributed by atoms with E-state index in [0.717, 1.165) is 19.4 Å². The van der Waals surface area contributed by atoms with Crippen molar-refractivity contribution in [3.63, 3.8) is 0 Å². The summed E-state index contributed by atoms with van der Waals surface area (Å²) in [6.07, 6.45) is 5.01. The number of Topliss-reactive ketones (excluding diaryl/α,β-unsaturated/α-hetero) is 1. The number of benzene rings is 1. The van der Waals surface area contributed by atoms with Crippen molar-refractivity contribution in [2.75, 3.05) is 13.2 Å². The van der Waals surface area contributed by atoms with Gasteiger partial charge < -0.3 is 4.74 Å². The van der Waals surface area contributed by atoms with Crippen LogP contribution in [0.3, 0.4) is 0 Å². The molecule has 5 nitrogen and oxygen atoms in total. The van der Waals surface area contributed by atoms with Gasteiger partial charge in [0.05, 0.1) is 18.8 Å². The number of piperidine rings is 1. The largest absolute Gasteiger partial charge is 0.378 e. The maximum absolute atomic E-state index is 12.9. The first kappa shape index (κ1) is 16.4. The molecule has 130 valence electrons. The van der Waals surface area contributed by atoms with E-state index >= 15 is 0 Å². The van der Waals surface area contributed by atoms with E-state index in [1.807, 2.05) is 13.0 Å². The van der Waals surface area contributed by atoms with E-state index in [4.69, 9.17) is 4.74 Å². The number of ketones is 1. The topological polar surface area (TPSA) is 55.3 Å². The number of aryl methyl sites for hydroxylation is 1. The fourth-order valence-electron chi connectivity index (χ4n) is 4.01. The third kappa shape index (κ3) is 3.48. The second-order valence-corrected chi connectivity index (χ2v) is 7.05. The van der Waals surface area contributed by atoms with Gasteiger partial charge in [-0.1, -0.05) is 30.3 Å². The summed E-state index contributed by atoms with van der Waals surface area (Å²) in [7, 11) is 0. The minimum atomic E-state index is 0.0391. The van der Waals surface area contributed by atoms with Gasteiger partial charge in [0.1, 0.15) is 5.82 Å². The lowest BCUT2D eigenvalue weighted by molar-refractivity contribution is -0.0872. The third-order valence-corrected chi connectivity index (χ3v) is 5.32. The molecule has 2 aromatic rings. The van der Waals surface area contributed by atoms with Crippen LogP contribution in [0.1, 0.15) is 34.6 Å². The molecule has 1 aromatic heterocycles. The number of morpholine rings is 1. The van der Waals surface area contributed by atoms with Crippen molar-refractivity contribution in [1.29, 1.82) is 0 Å². The monoisotopic (exact) mass is 337 g/mol. The van der Waals surface area contributed by atoms with Crippen molar-refractivity contribution in [1.82, 2.24) is 14.9 Å². The lowest BCUT2D eigenvalue weighted by Gasteiger charge is -2.48. The molecular weight excluding hydrogens is 314 g/mol. The zero-order valence-electron chi connectivity index (χ0n) is 14.5. The molecule has 2 saturated heterocycles. The van der Waals surface area contributed by atoms with Gasteiger partial charge in [0, 0.05) is 36.9 Å². The van der Waals surface area contributed by atoms with Crippen LogP contribution in [-0.2, 0) is 11.3 Å². The second kappa shape index (κ2) is 7.02. The summed E-state index contributed by atoms with van der Waals surface area (Å²) in [5.41, 5.74) is 1.95. The summed E-state index contributed by atoms with van der Waals surface area (Å²) in [5, 5.41) is 0. The summed E-state index contributed by atoms with van der Waals surface area (Å²) < 4.78 is 5.78. The summed E-state index contributed by atoms with van der Waals surface area (Å²) in [6.45, 7) is 4.17. The Morgan fingerprint density at radius 2 is 1.76 bits per heavy atom. The molecule has 0 saturated carbocycles. The van der Waals surface area contributed by atoms with E-state index in [9.17, 15) is 4.79 Å². The van der Waals surface area contributed by atoms with E-state index in [-0.39, 0.29) is 11.7 Å². The molecule has 2 aliphatic heterocycles. The zero-order valence-corrected chi connectivity index (χ0v) is 14.5. The number of rotatable bonds is 4. The highest BCUT2D eigenvalue weighted by Gasteiger charge is 2.41. The Morgan fingerprint density at radius 3 is 2.40 bits per heavy atom. The Labute approximate surface area is 148 Å². The molecular formula is C20H23N3O2. The van der Waals surface area contributed by atoms with E-state index in [1.165, 1.54) is 5.56 Å². The Hall–Kier alpha value is -2.11. The molecule has 2 unspecified atom stereocenters. The molecule has 0 aliphatic carbocycles. The predicted molar refractivity (Wildman–Crippen MR) is 94.2 cm³/mol. The average molecular weight is 337 g/mol. The first-order chi connectivity index (χ1) is 12.2. The van der Waals surface area contributed by atoms with Gasteiger partial charge in [0.25, 0.3) is 0 Å². The molecule has 3 heterocycles. The van der Waals surface area contributed by atoms with Gasteiger partial charge in [-0.15, -0.1) is 0 Å². The Balaban J connectivity index is 1.49. The molecule has 4 rings (SSSR count). The van der Waals surface area contributed by atoms with Crippen LogP contribution in [0.15, 0.2) is 42.7 Å². The van der Waals surface area contributed by atoms with Gasteiger partial charge in [-0.25, -0.2) is 9.97 Å². The number of hydrogen-bond donors (Lipinski definition) is 0. The number of aromatic nitrogens is 2. The van der Waals surface area contributed by atoms with E-state index < -0.39 is 0 Å². The lowest BCUT2D eigenvalue weighted by atomic mass is 9.81. The number of carbonyl (C=O) groups is 1. The van der Waals surface area contributed by atoms with Crippen molar-refractivity contribution in [3.8, 4) is 0 Å². The van der Waals surface area contributed by atoms with Crippen LogP contribution < -0.4 is 0 Å². The lowest BCUT2D eigenvalue weighted by Crippen LogP contribution is -2.57. The molecule has 5 heteroatoms. The number of nitrogens with zero attached hydrogens (tertiary/aromatic N) is 3. The van der Waals surface area contributed by atoms with Crippen molar-refractivity contribution in [2.24, 2.45) is 5.92 Å². The van der Waals surface area contributed by atoms with Crippen LogP contribution in [0.4, 0.5) is 0 Å². The molecule has 2 atom stereocenters. The van der Waals surface area contributed by atoms with Crippen LogP contribution in [0, 0.1) is 12.8 Å². The van der Waals surface area contributed by atoms with E-state index in [0.29, 0.717) is 36.7 Å². The molecule has 0 spiro atoms. The summed E-state index contributed by atoms with van der Waals surface area (Å²) >= 11 is 0. The van der Waals surface area contributed by atoms with Crippen molar-refractivity contribution in [2.45, 2.75) is 38.4 Å². The standard InChI is InChI=1S/C20H23N3O2/c1-14-21-9-17(10-22-14)20(24)16-7-18-12-25-13-19(8-16)23(18)11-15-5-3-2-4-6-15/h2-6,9-10,16,18-19H,7-8,11-13H2,1H3. The summed E-state index contributed by atoms with van der Waals surface area (Å²) in [6, 6.07) is 11.1. The molecule has 0 radical (unpaired) electrons. The Bertz CT molecular complexity index is 718. The number of hydrogen-bond acceptors (Lipinski definition) is 5. The number of ether oxygens (including phenoxy) is 1. The van der Waals surface area contributed by atoms with Crippen LogP contribution in [0.5, 0.6) is 0 Å². The molecule has 2 aliphatic rings. The molecule has 25 heavy (non-hydrogen) atoms. The Morgan fingerprint density at radius 1 is 1.12 bits per heavy atom. The number of fused-ring (bicyclic) bond motifs is 2. The normalized spacial score (nSPS) is 26.4. The van der Waals surface area contributed by atoms with E-state index in [2.05, 4.69) is 39.1 Å². The van der Waals surface area contributed by atoms with Crippen LogP contribution in [-0.4, -0.2) is 45.9 Å². The van der Waals surface area contributed by atoms with Crippen LogP contribution in [0.2, 0.25) is 0 Å². The summed E-state index contributed by atoms with van der Waals surface area (Å²) in [5.74, 6) is 0.910. The molecule has 2 bridgehead atoms. The molecule has 0 amide bonds. The fraction of sp³-hybridized carbons (Fsp3) is 0.450. The highest BCUT2D eigenvalue weighted by atomic mass is 16.5. The van der Waals surface area contributed by atoms with Gasteiger partial charge in [0.15, 0.2) is 5.78 Å². The van der Waals surface area contributed by atoms with Gasteiger partial charge in [-0.3, -0.25) is 9.69 Å². The third-order valence-electron chi connectivity index (χ3n) is 5.32. The van der Waals surface area contributed by atoms with Crippen molar-refractivity contribution >= 4 is 5.78 Å². The molecule has 2 fully saturated rings. The quantitative estimate of drug-likeness (QED) is 0.803. The van der Waals surface area contributed by atoms with Gasteiger partial charge in [-0.2, -0.15) is 0 Å². The van der Waals surface area contributed by atoms with Crippen molar-refractivity contribution in [3.05, 3.63) is 59.7 Å². The number of carbonyl (C=O) groups excluding carboxylic acids is 1. The first-order valence-electron chi connectivity index (χ1n) is 8.91. The molecule has 1 aromatic carbocycles. The maximum Gasteiger partial charge on any atom is 0.169 e. The second-order valence-electron chi connectivity index (χ2n) is 7.05. The average Bonchev–Trinajstić information content (AvgIpc) is 2.62. The van der Waals surface area contributed by atoms with Gasteiger partial charge >= 0.3 is 0 Å². The SMILES string of the molecule is Cc1ncc(C(=O)C2CC3COCC(C2)N3Cc2ccccc2)cn1. The highest BCUT2D eigenvalue weighted by Crippen LogP contribution is 2.34. The molecule has 0 N–H and O–H groups in total. The predicted octanol–water partition coefficient (Wildman–Crippen LogP) is 2.65. The van der Waals surface area contributed by atoms with Crippen LogP contribution in [0.25, 0.3) is 0 Å². The Kier molecular flexibility index (Phi) is 4.59.